The van der Waals surface area contributed by atoms with Gasteiger partial charge in [0, 0.05) is 25.9 Å². The lowest BCUT2D eigenvalue weighted by Crippen LogP contribution is -2.44. The Morgan fingerprint density at radius 3 is 1.53 bits per heavy atom. The van der Waals surface area contributed by atoms with E-state index in [1.54, 1.807) is 0 Å². The van der Waals surface area contributed by atoms with Gasteiger partial charge in [-0.2, -0.15) is 8.42 Å². The first kappa shape index (κ1) is 10.4. The van der Waals surface area contributed by atoms with Crippen molar-refractivity contribution in [3.8, 4) is 0 Å². The van der Waals surface area contributed by atoms with Gasteiger partial charge in [-0.1, -0.05) is 0 Å². The van der Waals surface area contributed by atoms with Crippen molar-refractivity contribution < 1.29 is 18.0 Å². The lowest BCUT2D eigenvalue weighted by atomic mass is 10.4. The molecular formula is C8H12N2O4S. The molecule has 2 saturated heterocycles. The maximum Gasteiger partial charge on any atom is 0.330 e. The molecule has 15 heavy (non-hydrogen) atoms. The van der Waals surface area contributed by atoms with Crippen molar-refractivity contribution >= 4 is 22.0 Å². The van der Waals surface area contributed by atoms with Crippen molar-refractivity contribution in [2.45, 2.75) is 25.7 Å². The Morgan fingerprint density at radius 2 is 1.27 bits per heavy atom. The maximum atomic E-state index is 11.9. The van der Waals surface area contributed by atoms with Gasteiger partial charge in [0.25, 0.3) is 0 Å². The highest BCUT2D eigenvalue weighted by atomic mass is 32.2. The molecule has 2 aliphatic heterocycles. The van der Waals surface area contributed by atoms with Gasteiger partial charge in [-0.25, -0.2) is 8.61 Å². The highest BCUT2D eigenvalue weighted by Gasteiger charge is 2.40. The summed E-state index contributed by atoms with van der Waals surface area (Å²) in [6.07, 6.45) is 1.59. The number of carbonyl (C=O) groups excluding carboxylic acids is 2. The Morgan fingerprint density at radius 1 is 0.867 bits per heavy atom. The van der Waals surface area contributed by atoms with Crippen LogP contribution in [0.15, 0.2) is 0 Å². The lowest BCUT2D eigenvalue weighted by Gasteiger charge is -2.23. The summed E-state index contributed by atoms with van der Waals surface area (Å²) in [5, 5.41) is 0. The van der Waals surface area contributed by atoms with Crippen LogP contribution in [-0.2, 0) is 19.8 Å². The molecular weight excluding hydrogens is 220 g/mol. The van der Waals surface area contributed by atoms with Crippen molar-refractivity contribution in [3.63, 3.8) is 0 Å². The van der Waals surface area contributed by atoms with Crippen molar-refractivity contribution in [2.24, 2.45) is 0 Å². The molecule has 7 heteroatoms. The van der Waals surface area contributed by atoms with Gasteiger partial charge < -0.3 is 0 Å². The first-order valence-corrected chi connectivity index (χ1v) is 6.29. The zero-order valence-electron chi connectivity index (χ0n) is 8.18. The van der Waals surface area contributed by atoms with Crippen LogP contribution in [-0.4, -0.2) is 41.9 Å². The number of nitrogens with zero attached hydrogens (tertiary/aromatic N) is 2. The summed E-state index contributed by atoms with van der Waals surface area (Å²) < 4.78 is 25.4. The average molecular weight is 232 g/mol. The van der Waals surface area contributed by atoms with E-state index >= 15 is 0 Å². The van der Waals surface area contributed by atoms with Crippen LogP contribution in [0.2, 0.25) is 0 Å². The summed E-state index contributed by atoms with van der Waals surface area (Å²) in [5.74, 6) is -0.815. The van der Waals surface area contributed by atoms with E-state index in [9.17, 15) is 18.0 Å². The fraction of sp³-hybridized carbons (Fsp3) is 0.750. The molecule has 0 aliphatic carbocycles. The topological polar surface area (TPSA) is 74.8 Å². The minimum absolute atomic E-state index is 0.199. The van der Waals surface area contributed by atoms with Crippen LogP contribution in [0.3, 0.4) is 0 Å². The molecule has 0 saturated carbocycles. The van der Waals surface area contributed by atoms with Crippen molar-refractivity contribution in [1.29, 1.82) is 0 Å². The summed E-state index contributed by atoms with van der Waals surface area (Å²) in [7, 11) is -3.87. The molecule has 0 aromatic heterocycles. The van der Waals surface area contributed by atoms with Gasteiger partial charge in [0.2, 0.25) is 11.8 Å². The first-order valence-electron chi connectivity index (χ1n) is 4.89. The number of rotatable bonds is 2. The third kappa shape index (κ3) is 1.60. The quantitative estimate of drug-likeness (QED) is 0.641. The first-order chi connectivity index (χ1) is 7.03. The predicted molar refractivity (Wildman–Crippen MR) is 50.8 cm³/mol. The van der Waals surface area contributed by atoms with E-state index in [0.717, 1.165) is 8.61 Å². The van der Waals surface area contributed by atoms with Gasteiger partial charge in [0.05, 0.1) is 0 Å². The summed E-state index contributed by atoms with van der Waals surface area (Å²) in [6, 6.07) is 0. The Hall–Kier alpha value is -1.11. The normalized spacial score (nSPS) is 22.9. The minimum Gasteiger partial charge on any atom is -0.274 e. The Kier molecular flexibility index (Phi) is 2.41. The molecule has 0 aromatic rings. The molecule has 0 bridgehead atoms. The second kappa shape index (κ2) is 3.48. The minimum atomic E-state index is -3.87. The van der Waals surface area contributed by atoms with E-state index in [1.807, 2.05) is 0 Å². The SMILES string of the molecule is O=C1CCCN1S(=O)(=O)N1CCCC1=O. The van der Waals surface area contributed by atoms with Crippen molar-refractivity contribution in [3.05, 3.63) is 0 Å². The highest BCUT2D eigenvalue weighted by Crippen LogP contribution is 2.22. The smallest absolute Gasteiger partial charge is 0.274 e. The summed E-state index contributed by atoms with van der Waals surface area (Å²) in [5.41, 5.74) is 0. The van der Waals surface area contributed by atoms with E-state index in [-0.39, 0.29) is 25.9 Å². The second-order valence-electron chi connectivity index (χ2n) is 3.65. The monoisotopic (exact) mass is 232 g/mol. The third-order valence-electron chi connectivity index (χ3n) is 2.62. The van der Waals surface area contributed by atoms with E-state index < -0.39 is 22.0 Å². The fourth-order valence-corrected chi connectivity index (χ4v) is 3.51. The van der Waals surface area contributed by atoms with E-state index in [2.05, 4.69) is 0 Å². The number of amides is 2. The van der Waals surface area contributed by atoms with Gasteiger partial charge in [0.15, 0.2) is 0 Å². The molecule has 0 unspecified atom stereocenters. The van der Waals surface area contributed by atoms with Gasteiger partial charge in [-0.05, 0) is 12.8 Å². The molecule has 0 N–H and O–H groups in total. The Labute approximate surface area is 88.0 Å². The van der Waals surface area contributed by atoms with Crippen molar-refractivity contribution in [1.82, 2.24) is 8.61 Å². The molecule has 0 aromatic carbocycles. The molecule has 84 valence electrons. The Bertz CT molecular complexity index is 371. The van der Waals surface area contributed by atoms with Crippen LogP contribution >= 0.6 is 0 Å². The molecule has 6 nitrogen and oxygen atoms in total. The van der Waals surface area contributed by atoms with Crippen LogP contribution < -0.4 is 0 Å². The Balaban J connectivity index is 2.26. The molecule has 2 fully saturated rings. The third-order valence-corrected chi connectivity index (χ3v) is 4.50. The summed E-state index contributed by atoms with van der Waals surface area (Å²) >= 11 is 0. The molecule has 0 radical (unpaired) electrons. The highest BCUT2D eigenvalue weighted by molar-refractivity contribution is 7.87. The molecule has 0 spiro atoms. The van der Waals surface area contributed by atoms with Gasteiger partial charge in [0.1, 0.15) is 0 Å². The molecule has 2 rings (SSSR count). The van der Waals surface area contributed by atoms with Gasteiger partial charge in [-0.3, -0.25) is 9.59 Å². The van der Waals surface area contributed by atoms with Crippen LogP contribution in [0, 0.1) is 0 Å². The van der Waals surface area contributed by atoms with Crippen LogP contribution in [0.25, 0.3) is 0 Å². The maximum absolute atomic E-state index is 11.9. The second-order valence-corrected chi connectivity index (χ2v) is 5.42. The molecule has 2 heterocycles. The molecule has 0 atom stereocenters. The van der Waals surface area contributed by atoms with Crippen LogP contribution in [0.1, 0.15) is 25.7 Å². The number of hydrogen-bond donors (Lipinski definition) is 0. The number of hydrogen-bond acceptors (Lipinski definition) is 4. The van der Waals surface area contributed by atoms with E-state index in [0.29, 0.717) is 12.8 Å². The predicted octanol–water partition coefficient (Wildman–Crippen LogP) is -0.524. The van der Waals surface area contributed by atoms with E-state index in [1.165, 1.54) is 0 Å². The van der Waals surface area contributed by atoms with Crippen LogP contribution in [0.5, 0.6) is 0 Å². The van der Waals surface area contributed by atoms with Crippen LogP contribution in [0.4, 0.5) is 0 Å². The van der Waals surface area contributed by atoms with E-state index in [4.69, 9.17) is 0 Å². The largest absolute Gasteiger partial charge is 0.330 e. The standard InChI is InChI=1S/C8H12N2O4S/c11-7-3-1-5-9(7)15(13,14)10-6-2-4-8(10)12/h1-6H2. The zero-order chi connectivity index (χ0) is 11.1. The van der Waals surface area contributed by atoms with Gasteiger partial charge in [-0.15, -0.1) is 0 Å². The summed E-state index contributed by atoms with van der Waals surface area (Å²) in [6.45, 7) is 0.399. The lowest BCUT2D eigenvalue weighted by molar-refractivity contribution is -0.124. The number of carbonyl (C=O) groups is 2. The molecule has 2 amide bonds. The fourth-order valence-electron chi connectivity index (χ4n) is 1.85. The van der Waals surface area contributed by atoms with Gasteiger partial charge >= 0.3 is 10.2 Å². The van der Waals surface area contributed by atoms with Crippen molar-refractivity contribution in [2.75, 3.05) is 13.1 Å². The average Bonchev–Trinajstić information content (AvgIpc) is 2.73. The molecule has 2 aliphatic rings. The zero-order valence-corrected chi connectivity index (χ0v) is 8.99. The summed E-state index contributed by atoms with van der Waals surface area (Å²) in [4.78, 5) is 22.6.